The Bertz CT molecular complexity index is 281. The second-order valence-electron chi connectivity index (χ2n) is 6.04. The van der Waals surface area contributed by atoms with Gasteiger partial charge < -0.3 is 10.2 Å². The third kappa shape index (κ3) is 4.18. The van der Waals surface area contributed by atoms with Gasteiger partial charge >= 0.3 is 0 Å². The lowest BCUT2D eigenvalue weighted by molar-refractivity contribution is -0.132. The fourth-order valence-electron chi connectivity index (χ4n) is 3.14. The highest BCUT2D eigenvalue weighted by atomic mass is 16.2. The van der Waals surface area contributed by atoms with E-state index in [9.17, 15) is 4.79 Å². The van der Waals surface area contributed by atoms with Crippen LogP contribution in [0.4, 0.5) is 0 Å². The monoisotopic (exact) mass is 267 g/mol. The number of piperazine rings is 1. The highest BCUT2D eigenvalue weighted by Crippen LogP contribution is 2.17. The van der Waals surface area contributed by atoms with E-state index in [1.807, 2.05) is 4.90 Å². The maximum absolute atomic E-state index is 12.1. The van der Waals surface area contributed by atoms with Gasteiger partial charge in [0.1, 0.15) is 0 Å². The molecule has 1 saturated heterocycles. The number of amides is 1. The zero-order valence-electron chi connectivity index (χ0n) is 12.5. The van der Waals surface area contributed by atoms with E-state index in [1.165, 1.54) is 32.1 Å². The SMILES string of the molecule is CCC(C)N1CCN(C(=O)CNC2CCCC2)CC1. The van der Waals surface area contributed by atoms with Crippen molar-refractivity contribution in [2.75, 3.05) is 32.7 Å². The Labute approximate surface area is 117 Å². The molecule has 1 aliphatic heterocycles. The van der Waals surface area contributed by atoms with Gasteiger partial charge in [0.2, 0.25) is 5.91 Å². The second-order valence-corrected chi connectivity index (χ2v) is 6.04. The van der Waals surface area contributed by atoms with E-state index >= 15 is 0 Å². The number of nitrogens with zero attached hydrogens (tertiary/aromatic N) is 2. The summed E-state index contributed by atoms with van der Waals surface area (Å²) >= 11 is 0. The van der Waals surface area contributed by atoms with Crippen molar-refractivity contribution in [3.63, 3.8) is 0 Å². The zero-order valence-corrected chi connectivity index (χ0v) is 12.5. The molecule has 0 aromatic heterocycles. The van der Waals surface area contributed by atoms with Crippen LogP contribution in [0, 0.1) is 0 Å². The molecule has 2 aliphatic rings. The van der Waals surface area contributed by atoms with Crippen LogP contribution in [0.15, 0.2) is 0 Å². The number of carbonyl (C=O) groups is 1. The van der Waals surface area contributed by atoms with Crippen LogP contribution in [0.3, 0.4) is 0 Å². The van der Waals surface area contributed by atoms with Crippen LogP contribution in [0.5, 0.6) is 0 Å². The summed E-state index contributed by atoms with van der Waals surface area (Å²) < 4.78 is 0. The first-order valence-corrected chi connectivity index (χ1v) is 7.96. The van der Waals surface area contributed by atoms with Gasteiger partial charge in [-0.1, -0.05) is 19.8 Å². The molecular weight excluding hydrogens is 238 g/mol. The third-order valence-electron chi connectivity index (χ3n) is 4.78. The van der Waals surface area contributed by atoms with Gasteiger partial charge in [0.25, 0.3) is 0 Å². The van der Waals surface area contributed by atoms with E-state index in [-0.39, 0.29) is 5.91 Å². The maximum atomic E-state index is 12.1. The third-order valence-corrected chi connectivity index (χ3v) is 4.78. The lowest BCUT2D eigenvalue weighted by Crippen LogP contribution is -2.53. The van der Waals surface area contributed by atoms with Gasteiger partial charge in [0.15, 0.2) is 0 Å². The average Bonchev–Trinajstić information content (AvgIpc) is 2.97. The molecule has 1 amide bonds. The van der Waals surface area contributed by atoms with Crippen molar-refractivity contribution in [2.45, 2.75) is 58.0 Å². The lowest BCUT2D eigenvalue weighted by atomic mass is 10.2. The molecule has 2 fully saturated rings. The van der Waals surface area contributed by atoms with Crippen LogP contribution in [-0.2, 0) is 4.79 Å². The van der Waals surface area contributed by atoms with Gasteiger partial charge in [-0.05, 0) is 26.2 Å². The molecular formula is C15H29N3O. The predicted molar refractivity (Wildman–Crippen MR) is 78.2 cm³/mol. The molecule has 4 nitrogen and oxygen atoms in total. The summed E-state index contributed by atoms with van der Waals surface area (Å²) in [5.74, 6) is 0.288. The molecule has 1 unspecified atom stereocenters. The molecule has 0 spiro atoms. The maximum Gasteiger partial charge on any atom is 0.236 e. The number of nitrogens with one attached hydrogen (secondary N) is 1. The van der Waals surface area contributed by atoms with Crippen molar-refractivity contribution >= 4 is 5.91 Å². The summed E-state index contributed by atoms with van der Waals surface area (Å²) in [4.78, 5) is 16.7. The minimum absolute atomic E-state index is 0.288. The van der Waals surface area contributed by atoms with Gasteiger partial charge in [-0.25, -0.2) is 0 Å². The number of rotatable bonds is 5. The van der Waals surface area contributed by atoms with Crippen molar-refractivity contribution in [1.29, 1.82) is 0 Å². The van der Waals surface area contributed by atoms with E-state index in [0.717, 1.165) is 26.2 Å². The topological polar surface area (TPSA) is 35.6 Å². The number of hydrogen-bond donors (Lipinski definition) is 1. The average molecular weight is 267 g/mol. The molecule has 1 N–H and O–H groups in total. The Morgan fingerprint density at radius 3 is 2.42 bits per heavy atom. The van der Waals surface area contributed by atoms with Crippen molar-refractivity contribution < 1.29 is 4.79 Å². The molecule has 0 aromatic rings. The zero-order chi connectivity index (χ0) is 13.7. The molecule has 0 bridgehead atoms. The van der Waals surface area contributed by atoms with Crippen molar-refractivity contribution in [1.82, 2.24) is 15.1 Å². The highest BCUT2D eigenvalue weighted by molar-refractivity contribution is 5.78. The summed E-state index contributed by atoms with van der Waals surface area (Å²) in [6.07, 6.45) is 6.32. The van der Waals surface area contributed by atoms with Gasteiger partial charge in [-0.3, -0.25) is 9.69 Å². The molecule has 1 atom stereocenters. The molecule has 19 heavy (non-hydrogen) atoms. The predicted octanol–water partition coefficient (Wildman–Crippen LogP) is 1.46. The number of hydrogen-bond acceptors (Lipinski definition) is 3. The van der Waals surface area contributed by atoms with Crippen molar-refractivity contribution in [2.24, 2.45) is 0 Å². The highest BCUT2D eigenvalue weighted by Gasteiger charge is 2.24. The summed E-state index contributed by atoms with van der Waals surface area (Å²) in [7, 11) is 0. The first-order valence-electron chi connectivity index (χ1n) is 7.96. The Balaban J connectivity index is 1.67. The molecule has 1 heterocycles. The minimum atomic E-state index is 0.288. The first kappa shape index (κ1) is 14.8. The molecule has 1 saturated carbocycles. The smallest absolute Gasteiger partial charge is 0.236 e. The van der Waals surface area contributed by atoms with Crippen LogP contribution in [0.25, 0.3) is 0 Å². The largest absolute Gasteiger partial charge is 0.339 e. The fourth-order valence-corrected chi connectivity index (χ4v) is 3.14. The minimum Gasteiger partial charge on any atom is -0.339 e. The van der Waals surface area contributed by atoms with Gasteiger partial charge in [0.05, 0.1) is 6.54 Å². The summed E-state index contributed by atoms with van der Waals surface area (Å²) in [6.45, 7) is 8.90. The molecule has 0 aromatic carbocycles. The standard InChI is InChI=1S/C15H29N3O/c1-3-13(2)17-8-10-18(11-9-17)15(19)12-16-14-6-4-5-7-14/h13-14,16H,3-12H2,1-2H3. The Morgan fingerprint density at radius 1 is 1.21 bits per heavy atom. The Kier molecular flexibility index (Phi) is 5.64. The van der Waals surface area contributed by atoms with Gasteiger partial charge in [0, 0.05) is 38.3 Å². The van der Waals surface area contributed by atoms with Crippen LogP contribution in [0.2, 0.25) is 0 Å². The van der Waals surface area contributed by atoms with Gasteiger partial charge in [-0.15, -0.1) is 0 Å². The molecule has 110 valence electrons. The molecule has 4 heteroatoms. The molecule has 0 radical (unpaired) electrons. The van der Waals surface area contributed by atoms with E-state index in [2.05, 4.69) is 24.1 Å². The van der Waals surface area contributed by atoms with E-state index in [4.69, 9.17) is 0 Å². The summed E-state index contributed by atoms with van der Waals surface area (Å²) in [5.41, 5.74) is 0. The lowest BCUT2D eigenvalue weighted by Gasteiger charge is -2.38. The summed E-state index contributed by atoms with van der Waals surface area (Å²) in [6, 6.07) is 1.24. The number of carbonyl (C=O) groups excluding carboxylic acids is 1. The second kappa shape index (κ2) is 7.25. The van der Waals surface area contributed by atoms with Gasteiger partial charge in [-0.2, -0.15) is 0 Å². The van der Waals surface area contributed by atoms with E-state index in [0.29, 0.717) is 18.6 Å². The van der Waals surface area contributed by atoms with Crippen LogP contribution in [-0.4, -0.2) is 60.5 Å². The fraction of sp³-hybridized carbons (Fsp3) is 0.933. The van der Waals surface area contributed by atoms with Crippen LogP contribution in [0.1, 0.15) is 46.0 Å². The molecule has 1 aliphatic carbocycles. The Hall–Kier alpha value is -0.610. The quantitative estimate of drug-likeness (QED) is 0.819. The first-order chi connectivity index (χ1) is 9.20. The molecule has 2 rings (SSSR count). The normalized spacial score (nSPS) is 23.8. The van der Waals surface area contributed by atoms with E-state index < -0.39 is 0 Å². The Morgan fingerprint density at radius 2 is 1.84 bits per heavy atom. The van der Waals surface area contributed by atoms with Crippen LogP contribution >= 0.6 is 0 Å². The van der Waals surface area contributed by atoms with Crippen molar-refractivity contribution in [3.05, 3.63) is 0 Å². The van der Waals surface area contributed by atoms with E-state index in [1.54, 1.807) is 0 Å². The van der Waals surface area contributed by atoms with Crippen molar-refractivity contribution in [3.8, 4) is 0 Å². The summed E-state index contributed by atoms with van der Waals surface area (Å²) in [5, 5.41) is 3.42. The van der Waals surface area contributed by atoms with Crippen LogP contribution < -0.4 is 5.32 Å².